The molecule has 0 bridgehead atoms. The van der Waals surface area contributed by atoms with Crippen LogP contribution in [-0.4, -0.2) is 55.5 Å². The van der Waals surface area contributed by atoms with Crippen LogP contribution in [0.4, 0.5) is 0 Å². The van der Waals surface area contributed by atoms with Crippen molar-refractivity contribution in [1.82, 2.24) is 9.80 Å². The number of fused-ring (bicyclic) bond motifs is 3. The van der Waals surface area contributed by atoms with Crippen molar-refractivity contribution in [3.8, 4) is 11.5 Å². The highest BCUT2D eigenvalue weighted by Gasteiger charge is 2.39. The Morgan fingerprint density at radius 2 is 1.75 bits per heavy atom. The third kappa shape index (κ3) is 3.45. The maximum Gasteiger partial charge on any atom is 0.242 e. The molecule has 152 valence electrons. The second-order valence-corrected chi connectivity index (χ2v) is 8.17. The minimum atomic E-state index is -0.105. The summed E-state index contributed by atoms with van der Waals surface area (Å²) < 4.78 is 11.0. The first-order valence-corrected chi connectivity index (χ1v) is 10.5. The Bertz CT molecular complexity index is 757. The largest absolute Gasteiger partial charge is 0.493 e. The molecule has 0 N–H and O–H groups in total. The first kappa shape index (κ1) is 19.1. The molecule has 1 aromatic rings. The van der Waals surface area contributed by atoms with E-state index in [1.54, 1.807) is 14.2 Å². The van der Waals surface area contributed by atoms with E-state index in [-0.39, 0.29) is 30.3 Å². The van der Waals surface area contributed by atoms with E-state index in [2.05, 4.69) is 0 Å². The summed E-state index contributed by atoms with van der Waals surface area (Å²) in [6, 6.07) is 3.93. The third-order valence-corrected chi connectivity index (χ3v) is 6.53. The van der Waals surface area contributed by atoms with Crippen LogP contribution >= 0.6 is 0 Å². The van der Waals surface area contributed by atoms with E-state index in [0.29, 0.717) is 18.0 Å². The van der Waals surface area contributed by atoms with Crippen LogP contribution in [-0.2, 0) is 16.0 Å². The smallest absolute Gasteiger partial charge is 0.242 e. The van der Waals surface area contributed by atoms with Gasteiger partial charge in [0.05, 0.1) is 26.8 Å². The van der Waals surface area contributed by atoms with E-state index < -0.39 is 0 Å². The molecule has 28 heavy (non-hydrogen) atoms. The second kappa shape index (κ2) is 8.02. The number of carbonyl (C=O) groups is 2. The van der Waals surface area contributed by atoms with Gasteiger partial charge >= 0.3 is 0 Å². The number of ether oxygens (including phenoxy) is 2. The molecule has 1 atom stereocenters. The lowest BCUT2D eigenvalue weighted by Gasteiger charge is -2.42. The maximum atomic E-state index is 13.1. The molecule has 2 heterocycles. The first-order chi connectivity index (χ1) is 13.6. The summed E-state index contributed by atoms with van der Waals surface area (Å²) in [6.45, 7) is 1.52. The molecule has 2 aliphatic heterocycles. The Labute approximate surface area is 166 Å². The standard InChI is InChI=1S/C22H30N2O4/c1-27-19-11-16-9-6-10-24-18(17(16)12-20(19)28-2)13-23(14-21(24)25)22(26)15-7-4-3-5-8-15/h11-12,15,18H,3-10,13-14H2,1-2H3. The Hall–Kier alpha value is -2.24. The SMILES string of the molecule is COc1cc2c(cc1OC)C1CN(C(=O)C3CCCCC3)CC(=O)N1CCC2. The predicted octanol–water partition coefficient (Wildman–Crippen LogP) is 2.94. The average molecular weight is 386 g/mol. The minimum Gasteiger partial charge on any atom is -0.493 e. The highest BCUT2D eigenvalue weighted by Crippen LogP contribution is 2.39. The quantitative estimate of drug-likeness (QED) is 0.801. The van der Waals surface area contributed by atoms with Crippen molar-refractivity contribution in [2.24, 2.45) is 5.92 Å². The molecule has 1 saturated heterocycles. The molecule has 0 spiro atoms. The Balaban J connectivity index is 1.65. The minimum absolute atomic E-state index is 0.0584. The third-order valence-electron chi connectivity index (χ3n) is 6.53. The van der Waals surface area contributed by atoms with Gasteiger partial charge in [-0.15, -0.1) is 0 Å². The molecular weight excluding hydrogens is 356 g/mol. The van der Waals surface area contributed by atoms with Crippen LogP contribution in [0.3, 0.4) is 0 Å². The molecule has 0 aromatic heterocycles. The molecule has 2 fully saturated rings. The van der Waals surface area contributed by atoms with E-state index in [4.69, 9.17) is 9.47 Å². The topological polar surface area (TPSA) is 59.1 Å². The van der Waals surface area contributed by atoms with Crippen LogP contribution in [0.2, 0.25) is 0 Å². The summed E-state index contributed by atoms with van der Waals surface area (Å²) in [5, 5.41) is 0. The normalized spacial score (nSPS) is 22.9. The van der Waals surface area contributed by atoms with Gasteiger partial charge in [0.2, 0.25) is 11.8 Å². The van der Waals surface area contributed by atoms with Crippen molar-refractivity contribution in [3.63, 3.8) is 0 Å². The number of carbonyl (C=O) groups excluding carboxylic acids is 2. The Morgan fingerprint density at radius 1 is 1.04 bits per heavy atom. The molecule has 1 aromatic carbocycles. The van der Waals surface area contributed by atoms with Gasteiger partial charge in [0, 0.05) is 19.0 Å². The molecule has 2 amide bonds. The van der Waals surface area contributed by atoms with Gasteiger partial charge in [0.1, 0.15) is 0 Å². The van der Waals surface area contributed by atoms with Crippen LogP contribution in [0.15, 0.2) is 12.1 Å². The summed E-state index contributed by atoms with van der Waals surface area (Å²) in [6.07, 6.45) is 7.18. The fraction of sp³-hybridized carbons (Fsp3) is 0.636. The van der Waals surface area contributed by atoms with Gasteiger partial charge in [-0.2, -0.15) is 0 Å². The average Bonchev–Trinajstić information content (AvgIpc) is 2.92. The van der Waals surface area contributed by atoms with E-state index in [9.17, 15) is 9.59 Å². The molecular formula is C22H30N2O4. The van der Waals surface area contributed by atoms with Crippen LogP contribution in [0.1, 0.15) is 55.7 Å². The summed E-state index contributed by atoms with van der Waals surface area (Å²) in [7, 11) is 3.27. The fourth-order valence-corrected chi connectivity index (χ4v) is 5.03. The molecule has 1 aliphatic carbocycles. The lowest BCUT2D eigenvalue weighted by molar-refractivity contribution is -0.151. The van der Waals surface area contributed by atoms with Crippen LogP contribution in [0.25, 0.3) is 0 Å². The van der Waals surface area contributed by atoms with Crippen molar-refractivity contribution < 1.29 is 19.1 Å². The summed E-state index contributed by atoms with van der Waals surface area (Å²) >= 11 is 0. The van der Waals surface area contributed by atoms with Gasteiger partial charge in [-0.25, -0.2) is 0 Å². The van der Waals surface area contributed by atoms with Crippen LogP contribution in [0, 0.1) is 5.92 Å². The van der Waals surface area contributed by atoms with Gasteiger partial charge in [-0.05, 0) is 48.9 Å². The number of amides is 2. The monoisotopic (exact) mass is 386 g/mol. The van der Waals surface area contributed by atoms with E-state index in [0.717, 1.165) is 50.6 Å². The van der Waals surface area contributed by atoms with Gasteiger partial charge in [0.15, 0.2) is 11.5 Å². The number of hydrogen-bond acceptors (Lipinski definition) is 4. The molecule has 1 unspecified atom stereocenters. The van der Waals surface area contributed by atoms with Crippen molar-refractivity contribution in [3.05, 3.63) is 23.3 Å². The van der Waals surface area contributed by atoms with E-state index in [1.165, 1.54) is 12.0 Å². The first-order valence-electron chi connectivity index (χ1n) is 10.5. The van der Waals surface area contributed by atoms with Gasteiger partial charge in [0.25, 0.3) is 0 Å². The molecule has 0 radical (unpaired) electrons. The number of benzene rings is 1. The summed E-state index contributed by atoms with van der Waals surface area (Å²) in [4.78, 5) is 29.8. The Morgan fingerprint density at radius 3 is 2.46 bits per heavy atom. The zero-order chi connectivity index (χ0) is 19.7. The number of piperazine rings is 1. The summed E-state index contributed by atoms with van der Waals surface area (Å²) in [5.41, 5.74) is 2.27. The van der Waals surface area contributed by atoms with Crippen molar-refractivity contribution in [2.75, 3.05) is 33.9 Å². The van der Waals surface area contributed by atoms with Crippen molar-refractivity contribution in [2.45, 2.75) is 51.0 Å². The van der Waals surface area contributed by atoms with Gasteiger partial charge in [-0.3, -0.25) is 9.59 Å². The van der Waals surface area contributed by atoms with Gasteiger partial charge in [-0.1, -0.05) is 19.3 Å². The molecule has 6 nitrogen and oxygen atoms in total. The van der Waals surface area contributed by atoms with Crippen molar-refractivity contribution in [1.29, 1.82) is 0 Å². The predicted molar refractivity (Wildman–Crippen MR) is 105 cm³/mol. The van der Waals surface area contributed by atoms with E-state index >= 15 is 0 Å². The van der Waals surface area contributed by atoms with E-state index in [1.807, 2.05) is 21.9 Å². The highest BCUT2D eigenvalue weighted by molar-refractivity contribution is 5.87. The Kier molecular flexibility index (Phi) is 5.47. The zero-order valence-corrected chi connectivity index (χ0v) is 16.9. The fourth-order valence-electron chi connectivity index (χ4n) is 5.03. The van der Waals surface area contributed by atoms with Gasteiger partial charge < -0.3 is 19.3 Å². The highest BCUT2D eigenvalue weighted by atomic mass is 16.5. The number of methoxy groups -OCH3 is 2. The molecule has 1 saturated carbocycles. The molecule has 4 rings (SSSR count). The number of nitrogens with zero attached hydrogens (tertiary/aromatic N) is 2. The number of hydrogen-bond donors (Lipinski definition) is 0. The summed E-state index contributed by atoms with van der Waals surface area (Å²) in [5.74, 6) is 1.70. The van der Waals surface area contributed by atoms with Crippen molar-refractivity contribution >= 4 is 11.8 Å². The molecule has 3 aliphatic rings. The lowest BCUT2D eigenvalue weighted by atomic mass is 9.87. The van der Waals surface area contributed by atoms with Crippen LogP contribution in [0.5, 0.6) is 11.5 Å². The lowest BCUT2D eigenvalue weighted by Crippen LogP contribution is -2.55. The molecule has 6 heteroatoms. The number of rotatable bonds is 3. The zero-order valence-electron chi connectivity index (χ0n) is 16.9. The number of aryl methyl sites for hydroxylation is 1. The van der Waals surface area contributed by atoms with Crippen LogP contribution < -0.4 is 9.47 Å². The maximum absolute atomic E-state index is 13.1. The second-order valence-electron chi connectivity index (χ2n) is 8.17.